The third kappa shape index (κ3) is 3.76. The molecule has 6 heteroatoms. The second kappa shape index (κ2) is 7.89. The van der Waals surface area contributed by atoms with Gasteiger partial charge < -0.3 is 14.6 Å². The van der Waals surface area contributed by atoms with Crippen LogP contribution in [0.5, 0.6) is 0 Å². The Morgan fingerprint density at radius 2 is 2.08 bits per heavy atom. The van der Waals surface area contributed by atoms with Crippen LogP contribution in [0.3, 0.4) is 0 Å². The van der Waals surface area contributed by atoms with Gasteiger partial charge in [0.25, 0.3) is 5.91 Å². The Labute approximate surface area is 152 Å². The third-order valence-electron chi connectivity index (χ3n) is 5.42. The fourth-order valence-corrected chi connectivity index (χ4v) is 4.91. The van der Waals surface area contributed by atoms with Crippen LogP contribution in [-0.4, -0.2) is 54.8 Å². The van der Waals surface area contributed by atoms with E-state index in [0.29, 0.717) is 6.04 Å². The van der Waals surface area contributed by atoms with Gasteiger partial charge in [-0.1, -0.05) is 12.8 Å². The largest absolute Gasteiger partial charge is 0.379 e. The maximum Gasteiger partial charge on any atom is 0.267 e. The van der Waals surface area contributed by atoms with E-state index in [2.05, 4.69) is 32.3 Å². The maximum atomic E-state index is 12.8. The number of amides is 1. The van der Waals surface area contributed by atoms with Crippen molar-refractivity contribution in [3.8, 4) is 0 Å². The lowest BCUT2D eigenvalue weighted by Gasteiger charge is -2.26. The smallest absolute Gasteiger partial charge is 0.267 e. The summed E-state index contributed by atoms with van der Waals surface area (Å²) in [4.78, 5) is 15.2. The number of aromatic nitrogens is 1. The van der Waals surface area contributed by atoms with Crippen molar-refractivity contribution in [1.29, 1.82) is 0 Å². The normalized spacial score (nSPS) is 19.7. The molecule has 1 amide bonds. The van der Waals surface area contributed by atoms with Gasteiger partial charge in [-0.25, -0.2) is 0 Å². The molecule has 3 heterocycles. The predicted octanol–water partition coefficient (Wildman–Crippen LogP) is 3.27. The molecule has 2 fully saturated rings. The first-order valence-electron chi connectivity index (χ1n) is 9.49. The summed E-state index contributed by atoms with van der Waals surface area (Å²) >= 11 is 1.73. The standard InChI is InChI=1S/C19H27N3O2S/c23-19(20-7-3-8-21-9-11-24-12-10-21)17-14-18-16(6-13-25-18)22(17)15-4-1-2-5-15/h6,13-15H,1-5,7-12H2,(H,20,23). The minimum Gasteiger partial charge on any atom is -0.379 e. The molecule has 0 aromatic carbocycles. The molecule has 25 heavy (non-hydrogen) atoms. The molecule has 0 spiro atoms. The van der Waals surface area contributed by atoms with Crippen LogP contribution in [0, 0.1) is 0 Å². The van der Waals surface area contributed by atoms with Gasteiger partial charge in [-0.2, -0.15) is 0 Å². The van der Waals surface area contributed by atoms with Crippen LogP contribution in [0.2, 0.25) is 0 Å². The number of ether oxygens (including phenoxy) is 1. The zero-order valence-corrected chi connectivity index (χ0v) is 15.5. The Morgan fingerprint density at radius 3 is 2.88 bits per heavy atom. The first-order chi connectivity index (χ1) is 12.3. The number of carbonyl (C=O) groups excluding carboxylic acids is 1. The number of fused-ring (bicyclic) bond motifs is 1. The second-order valence-electron chi connectivity index (χ2n) is 7.07. The number of carbonyl (C=O) groups is 1. The van der Waals surface area contributed by atoms with E-state index in [1.54, 1.807) is 11.3 Å². The van der Waals surface area contributed by atoms with Crippen molar-refractivity contribution in [3.05, 3.63) is 23.2 Å². The molecule has 0 radical (unpaired) electrons. The molecule has 4 rings (SSSR count). The highest BCUT2D eigenvalue weighted by atomic mass is 32.1. The summed E-state index contributed by atoms with van der Waals surface area (Å²) in [5.74, 6) is 0.0808. The quantitative estimate of drug-likeness (QED) is 0.803. The van der Waals surface area contributed by atoms with Gasteiger partial charge in [0.15, 0.2) is 0 Å². The lowest BCUT2D eigenvalue weighted by Crippen LogP contribution is -2.38. The Kier molecular flexibility index (Phi) is 5.39. The van der Waals surface area contributed by atoms with E-state index < -0.39 is 0 Å². The predicted molar refractivity (Wildman–Crippen MR) is 102 cm³/mol. The molecule has 136 valence electrons. The molecular formula is C19H27N3O2S. The van der Waals surface area contributed by atoms with E-state index in [4.69, 9.17) is 4.74 Å². The molecule has 0 atom stereocenters. The number of hydrogen-bond donors (Lipinski definition) is 1. The van der Waals surface area contributed by atoms with Crippen molar-refractivity contribution in [2.24, 2.45) is 0 Å². The number of rotatable bonds is 6. The summed E-state index contributed by atoms with van der Waals surface area (Å²) in [6.45, 7) is 5.45. The Morgan fingerprint density at radius 1 is 1.28 bits per heavy atom. The monoisotopic (exact) mass is 361 g/mol. The highest BCUT2D eigenvalue weighted by Gasteiger charge is 2.24. The van der Waals surface area contributed by atoms with Crippen LogP contribution < -0.4 is 5.32 Å². The molecule has 1 aliphatic heterocycles. The lowest BCUT2D eigenvalue weighted by atomic mass is 10.2. The first-order valence-corrected chi connectivity index (χ1v) is 10.4. The summed E-state index contributed by atoms with van der Waals surface area (Å²) in [5.41, 5.74) is 2.08. The van der Waals surface area contributed by atoms with Gasteiger partial charge >= 0.3 is 0 Å². The molecule has 1 N–H and O–H groups in total. The maximum absolute atomic E-state index is 12.8. The van der Waals surface area contributed by atoms with E-state index in [1.807, 2.05) is 0 Å². The van der Waals surface area contributed by atoms with Gasteiger partial charge in [0.1, 0.15) is 5.69 Å². The Hall–Kier alpha value is -1.37. The molecule has 1 aliphatic carbocycles. The van der Waals surface area contributed by atoms with Crippen molar-refractivity contribution < 1.29 is 9.53 Å². The van der Waals surface area contributed by atoms with Crippen molar-refractivity contribution in [2.45, 2.75) is 38.1 Å². The Bertz CT molecular complexity index is 711. The van der Waals surface area contributed by atoms with Gasteiger partial charge in [-0.05, 0) is 43.3 Å². The number of morpholine rings is 1. The topological polar surface area (TPSA) is 46.5 Å². The van der Waals surface area contributed by atoms with Crippen molar-refractivity contribution in [1.82, 2.24) is 14.8 Å². The first kappa shape index (κ1) is 17.1. The SMILES string of the molecule is O=C(NCCCN1CCOCC1)c1cc2sccc2n1C1CCCC1. The fourth-order valence-electron chi connectivity index (χ4n) is 4.10. The van der Waals surface area contributed by atoms with Crippen molar-refractivity contribution in [3.63, 3.8) is 0 Å². The van der Waals surface area contributed by atoms with Gasteiger partial charge in [0.2, 0.25) is 0 Å². The van der Waals surface area contributed by atoms with Crippen molar-refractivity contribution >= 4 is 27.5 Å². The van der Waals surface area contributed by atoms with E-state index >= 15 is 0 Å². The summed E-state index contributed by atoms with van der Waals surface area (Å²) in [6, 6.07) is 4.73. The van der Waals surface area contributed by atoms with E-state index in [9.17, 15) is 4.79 Å². The van der Waals surface area contributed by atoms with Crippen molar-refractivity contribution in [2.75, 3.05) is 39.4 Å². The number of thiophene rings is 1. The molecule has 2 aliphatic rings. The molecule has 1 saturated carbocycles. The molecule has 5 nitrogen and oxygen atoms in total. The van der Waals surface area contributed by atoms with Crippen LogP contribution in [0.4, 0.5) is 0 Å². The minimum atomic E-state index is 0.0808. The van der Waals surface area contributed by atoms with Gasteiger partial charge in [-0.3, -0.25) is 9.69 Å². The van der Waals surface area contributed by atoms with E-state index in [1.165, 1.54) is 35.9 Å². The van der Waals surface area contributed by atoms with Gasteiger partial charge in [-0.15, -0.1) is 11.3 Å². The van der Waals surface area contributed by atoms with Gasteiger partial charge in [0.05, 0.1) is 23.4 Å². The molecular weight excluding hydrogens is 334 g/mol. The Balaban J connectivity index is 1.38. The fraction of sp³-hybridized carbons (Fsp3) is 0.632. The molecule has 2 aromatic heterocycles. The highest BCUT2D eigenvalue weighted by Crippen LogP contribution is 2.36. The minimum absolute atomic E-state index is 0.0808. The molecule has 2 aromatic rings. The summed E-state index contributed by atoms with van der Waals surface area (Å²) < 4.78 is 8.90. The van der Waals surface area contributed by atoms with Crippen LogP contribution in [0.25, 0.3) is 10.2 Å². The van der Waals surface area contributed by atoms with Crippen LogP contribution in [0.1, 0.15) is 48.6 Å². The van der Waals surface area contributed by atoms with Gasteiger partial charge in [0, 0.05) is 25.7 Å². The average Bonchev–Trinajstić information content (AvgIpc) is 3.35. The molecule has 0 unspecified atom stereocenters. The highest BCUT2D eigenvalue weighted by molar-refractivity contribution is 7.17. The number of nitrogens with one attached hydrogen (secondary N) is 1. The number of hydrogen-bond acceptors (Lipinski definition) is 4. The zero-order valence-electron chi connectivity index (χ0n) is 14.7. The second-order valence-corrected chi connectivity index (χ2v) is 8.02. The van der Waals surface area contributed by atoms with Crippen LogP contribution in [-0.2, 0) is 4.74 Å². The molecule has 1 saturated heterocycles. The third-order valence-corrected chi connectivity index (χ3v) is 6.28. The van der Waals surface area contributed by atoms with Crippen LogP contribution >= 0.6 is 11.3 Å². The average molecular weight is 362 g/mol. The van der Waals surface area contributed by atoms with E-state index in [0.717, 1.165) is 51.5 Å². The summed E-state index contributed by atoms with van der Waals surface area (Å²) in [5, 5.41) is 5.27. The molecule has 0 bridgehead atoms. The summed E-state index contributed by atoms with van der Waals surface area (Å²) in [7, 11) is 0. The van der Waals surface area contributed by atoms with Crippen LogP contribution in [0.15, 0.2) is 17.5 Å². The zero-order chi connectivity index (χ0) is 17.1. The summed E-state index contributed by atoms with van der Waals surface area (Å²) in [6.07, 6.45) is 5.92. The van der Waals surface area contributed by atoms with E-state index in [-0.39, 0.29) is 5.91 Å². The number of nitrogens with zero attached hydrogens (tertiary/aromatic N) is 2. The lowest BCUT2D eigenvalue weighted by molar-refractivity contribution is 0.0374.